The molecule has 0 fully saturated rings. The molecule has 20 heavy (non-hydrogen) atoms. The number of rotatable bonds is 5. The van der Waals surface area contributed by atoms with Gasteiger partial charge in [-0.15, -0.1) is 0 Å². The number of hydrogen-bond acceptors (Lipinski definition) is 2. The smallest absolute Gasteiger partial charge is 0.142 e. The van der Waals surface area contributed by atoms with Gasteiger partial charge in [0.2, 0.25) is 0 Å². The second-order valence-corrected chi connectivity index (χ2v) is 5.28. The van der Waals surface area contributed by atoms with Gasteiger partial charge in [-0.1, -0.05) is 24.6 Å². The standard InChI is InChI=1S/C15H19ClFN3/c1-4-18-15(12-9-19-20(3)10(12)2)8-11-5-6-13(16)14(17)7-11/h5-7,9,15,18H,4,8H2,1-3H3. The van der Waals surface area contributed by atoms with E-state index in [9.17, 15) is 4.39 Å². The molecule has 1 heterocycles. The van der Waals surface area contributed by atoms with Crippen LogP contribution in [0, 0.1) is 12.7 Å². The van der Waals surface area contributed by atoms with Crippen LogP contribution in [0.4, 0.5) is 4.39 Å². The summed E-state index contributed by atoms with van der Waals surface area (Å²) in [6, 6.07) is 5.08. The van der Waals surface area contributed by atoms with Gasteiger partial charge in [-0.05, 0) is 37.6 Å². The van der Waals surface area contributed by atoms with Crippen molar-refractivity contribution in [2.24, 2.45) is 7.05 Å². The van der Waals surface area contributed by atoms with Crippen LogP contribution in [-0.2, 0) is 13.5 Å². The fraction of sp³-hybridized carbons (Fsp3) is 0.400. The van der Waals surface area contributed by atoms with Crippen LogP contribution in [-0.4, -0.2) is 16.3 Å². The first-order valence-electron chi connectivity index (χ1n) is 6.68. The van der Waals surface area contributed by atoms with E-state index in [-0.39, 0.29) is 16.9 Å². The maximum Gasteiger partial charge on any atom is 0.142 e. The van der Waals surface area contributed by atoms with Crippen molar-refractivity contribution >= 4 is 11.6 Å². The molecule has 0 bridgehead atoms. The first-order chi connectivity index (χ1) is 9.52. The molecule has 2 aromatic rings. The van der Waals surface area contributed by atoms with E-state index in [0.717, 1.165) is 23.4 Å². The van der Waals surface area contributed by atoms with Crippen molar-refractivity contribution in [3.05, 3.63) is 52.1 Å². The summed E-state index contributed by atoms with van der Waals surface area (Å²) in [6.07, 6.45) is 2.57. The zero-order valence-corrected chi connectivity index (χ0v) is 12.7. The summed E-state index contributed by atoms with van der Waals surface area (Å²) in [5.74, 6) is -0.373. The lowest BCUT2D eigenvalue weighted by Crippen LogP contribution is -2.23. The maximum absolute atomic E-state index is 13.5. The summed E-state index contributed by atoms with van der Waals surface area (Å²) < 4.78 is 15.4. The van der Waals surface area contributed by atoms with Gasteiger partial charge < -0.3 is 5.32 Å². The zero-order chi connectivity index (χ0) is 14.7. The van der Waals surface area contributed by atoms with Crippen molar-refractivity contribution in [3.8, 4) is 0 Å². The molecule has 0 saturated heterocycles. The van der Waals surface area contributed by atoms with Gasteiger partial charge >= 0.3 is 0 Å². The third-order valence-electron chi connectivity index (χ3n) is 3.52. The predicted molar refractivity (Wildman–Crippen MR) is 79.5 cm³/mol. The van der Waals surface area contributed by atoms with E-state index in [1.165, 1.54) is 6.07 Å². The van der Waals surface area contributed by atoms with Crippen LogP contribution < -0.4 is 5.32 Å². The van der Waals surface area contributed by atoms with Gasteiger partial charge in [-0.2, -0.15) is 5.10 Å². The Morgan fingerprint density at radius 1 is 1.45 bits per heavy atom. The number of aromatic nitrogens is 2. The fourth-order valence-electron chi connectivity index (χ4n) is 2.30. The number of nitrogens with one attached hydrogen (secondary N) is 1. The Hall–Kier alpha value is -1.39. The molecule has 1 unspecified atom stereocenters. The van der Waals surface area contributed by atoms with Crippen molar-refractivity contribution in [2.45, 2.75) is 26.3 Å². The number of halogens is 2. The lowest BCUT2D eigenvalue weighted by molar-refractivity contribution is 0.543. The highest BCUT2D eigenvalue weighted by atomic mass is 35.5. The van der Waals surface area contributed by atoms with Crippen molar-refractivity contribution in [1.29, 1.82) is 0 Å². The molecule has 1 N–H and O–H groups in total. The lowest BCUT2D eigenvalue weighted by atomic mass is 9.99. The summed E-state index contributed by atoms with van der Waals surface area (Å²) >= 11 is 5.72. The SMILES string of the molecule is CCNC(Cc1ccc(Cl)c(F)c1)c1cnn(C)c1C. The molecular formula is C15H19ClFN3. The Morgan fingerprint density at radius 2 is 2.20 bits per heavy atom. The van der Waals surface area contributed by atoms with E-state index < -0.39 is 0 Å². The second-order valence-electron chi connectivity index (χ2n) is 4.87. The molecule has 108 valence electrons. The van der Waals surface area contributed by atoms with Gasteiger partial charge in [0.1, 0.15) is 5.82 Å². The van der Waals surface area contributed by atoms with Gasteiger partial charge in [0.05, 0.1) is 11.2 Å². The second kappa shape index (κ2) is 6.37. The van der Waals surface area contributed by atoms with Crippen LogP contribution >= 0.6 is 11.6 Å². The number of hydrogen-bond donors (Lipinski definition) is 1. The van der Waals surface area contributed by atoms with Crippen LogP contribution in [0.25, 0.3) is 0 Å². The predicted octanol–water partition coefficient (Wildman–Crippen LogP) is 3.41. The first-order valence-corrected chi connectivity index (χ1v) is 7.06. The van der Waals surface area contributed by atoms with E-state index in [4.69, 9.17) is 11.6 Å². The monoisotopic (exact) mass is 295 g/mol. The molecule has 0 saturated carbocycles. The van der Waals surface area contributed by atoms with Crippen molar-refractivity contribution < 1.29 is 4.39 Å². The van der Waals surface area contributed by atoms with Crippen LogP contribution in [0.5, 0.6) is 0 Å². The van der Waals surface area contributed by atoms with Crippen molar-refractivity contribution in [3.63, 3.8) is 0 Å². The molecule has 0 aliphatic carbocycles. The van der Waals surface area contributed by atoms with Crippen LogP contribution in [0.2, 0.25) is 5.02 Å². The number of benzene rings is 1. The molecule has 2 rings (SSSR count). The number of aryl methyl sites for hydroxylation is 1. The molecule has 3 nitrogen and oxygen atoms in total. The summed E-state index contributed by atoms with van der Waals surface area (Å²) in [4.78, 5) is 0. The van der Waals surface area contributed by atoms with Crippen molar-refractivity contribution in [1.82, 2.24) is 15.1 Å². The fourth-order valence-corrected chi connectivity index (χ4v) is 2.42. The van der Waals surface area contributed by atoms with E-state index in [1.54, 1.807) is 6.07 Å². The minimum atomic E-state index is -0.373. The maximum atomic E-state index is 13.5. The van der Waals surface area contributed by atoms with Crippen molar-refractivity contribution in [2.75, 3.05) is 6.54 Å². The molecule has 5 heteroatoms. The molecule has 1 atom stereocenters. The largest absolute Gasteiger partial charge is 0.310 e. The summed E-state index contributed by atoms with van der Waals surface area (Å²) in [5.41, 5.74) is 3.18. The van der Waals surface area contributed by atoms with Crippen LogP contribution in [0.1, 0.15) is 29.8 Å². The molecule has 1 aromatic heterocycles. The Bertz CT molecular complexity index is 595. The number of likely N-dealkylation sites (N-methyl/N-ethyl adjacent to an activating group) is 1. The lowest BCUT2D eigenvalue weighted by Gasteiger charge is -2.18. The van der Waals surface area contributed by atoms with E-state index in [0.29, 0.717) is 6.42 Å². The Morgan fingerprint density at radius 3 is 2.75 bits per heavy atom. The van der Waals surface area contributed by atoms with E-state index in [1.807, 2.05) is 30.9 Å². The minimum absolute atomic E-state index is 0.120. The van der Waals surface area contributed by atoms with Gasteiger partial charge in [0.25, 0.3) is 0 Å². The normalized spacial score (nSPS) is 12.7. The third-order valence-corrected chi connectivity index (χ3v) is 3.83. The average molecular weight is 296 g/mol. The molecule has 0 aliphatic rings. The first kappa shape index (κ1) is 15.0. The summed E-state index contributed by atoms with van der Waals surface area (Å²) in [6.45, 7) is 4.94. The number of nitrogens with zero attached hydrogens (tertiary/aromatic N) is 2. The van der Waals surface area contributed by atoms with Crippen LogP contribution in [0.3, 0.4) is 0 Å². The Labute approximate surface area is 123 Å². The molecular weight excluding hydrogens is 277 g/mol. The van der Waals surface area contributed by atoms with E-state index >= 15 is 0 Å². The van der Waals surface area contributed by atoms with Gasteiger partial charge in [0, 0.05) is 24.3 Å². The highest BCUT2D eigenvalue weighted by molar-refractivity contribution is 6.30. The Balaban J connectivity index is 2.25. The van der Waals surface area contributed by atoms with E-state index in [2.05, 4.69) is 17.3 Å². The molecule has 0 radical (unpaired) electrons. The molecule has 1 aromatic carbocycles. The van der Waals surface area contributed by atoms with Gasteiger partial charge in [-0.3, -0.25) is 4.68 Å². The molecule has 0 amide bonds. The average Bonchev–Trinajstić information content (AvgIpc) is 2.74. The quantitative estimate of drug-likeness (QED) is 0.916. The Kier molecular flexibility index (Phi) is 4.78. The summed E-state index contributed by atoms with van der Waals surface area (Å²) in [5, 5.41) is 7.86. The van der Waals surface area contributed by atoms with Gasteiger partial charge in [-0.25, -0.2) is 4.39 Å². The molecule has 0 spiro atoms. The topological polar surface area (TPSA) is 29.9 Å². The summed E-state index contributed by atoms with van der Waals surface area (Å²) in [7, 11) is 1.92. The molecule has 0 aliphatic heterocycles. The minimum Gasteiger partial charge on any atom is -0.310 e. The zero-order valence-electron chi connectivity index (χ0n) is 12.0. The van der Waals surface area contributed by atoms with Crippen LogP contribution in [0.15, 0.2) is 24.4 Å². The highest BCUT2D eigenvalue weighted by Gasteiger charge is 2.17. The van der Waals surface area contributed by atoms with Gasteiger partial charge in [0.15, 0.2) is 0 Å². The third kappa shape index (κ3) is 3.19. The highest BCUT2D eigenvalue weighted by Crippen LogP contribution is 2.23.